The van der Waals surface area contributed by atoms with Gasteiger partial charge in [0.25, 0.3) is 0 Å². The van der Waals surface area contributed by atoms with Crippen molar-refractivity contribution in [3.8, 4) is 0 Å². The third kappa shape index (κ3) is 3.55. The predicted molar refractivity (Wildman–Crippen MR) is 77.7 cm³/mol. The number of hydrogen-bond donors (Lipinski definition) is 1. The fraction of sp³-hybridized carbons (Fsp3) is 0.250. The van der Waals surface area contributed by atoms with Crippen LogP contribution in [0.5, 0.6) is 0 Å². The lowest BCUT2D eigenvalue weighted by Crippen LogP contribution is -2.24. The van der Waals surface area contributed by atoms with Crippen LogP contribution in [0.15, 0.2) is 54.6 Å². The first-order valence-electron chi connectivity index (χ1n) is 6.44. The molecule has 0 amide bonds. The molecule has 0 saturated heterocycles. The van der Waals surface area contributed by atoms with Crippen LogP contribution in [0.4, 0.5) is 10.1 Å². The van der Waals surface area contributed by atoms with Gasteiger partial charge < -0.3 is 10.6 Å². The SMILES string of the molecule is CN(CCC(N)c1ccccc1)c1ccccc1F. The number of anilines is 1. The van der Waals surface area contributed by atoms with Crippen LogP contribution in [0.3, 0.4) is 0 Å². The zero-order valence-electron chi connectivity index (χ0n) is 11.1. The van der Waals surface area contributed by atoms with E-state index in [2.05, 4.69) is 0 Å². The number of rotatable bonds is 5. The second-order valence-electron chi connectivity index (χ2n) is 4.68. The van der Waals surface area contributed by atoms with Crippen LogP contribution in [-0.4, -0.2) is 13.6 Å². The fourth-order valence-corrected chi connectivity index (χ4v) is 2.08. The Morgan fingerprint density at radius 3 is 2.37 bits per heavy atom. The third-order valence-corrected chi connectivity index (χ3v) is 3.27. The molecule has 0 fully saturated rings. The number of benzene rings is 2. The van der Waals surface area contributed by atoms with E-state index in [0.29, 0.717) is 5.69 Å². The summed E-state index contributed by atoms with van der Waals surface area (Å²) >= 11 is 0. The molecule has 0 saturated carbocycles. The molecule has 0 aliphatic heterocycles. The summed E-state index contributed by atoms with van der Waals surface area (Å²) < 4.78 is 13.6. The highest BCUT2D eigenvalue weighted by Gasteiger charge is 2.10. The molecule has 2 N–H and O–H groups in total. The van der Waals surface area contributed by atoms with Crippen molar-refractivity contribution in [3.63, 3.8) is 0 Å². The van der Waals surface area contributed by atoms with Crippen molar-refractivity contribution in [2.45, 2.75) is 12.5 Å². The van der Waals surface area contributed by atoms with Crippen LogP contribution < -0.4 is 10.6 Å². The Kier molecular flexibility index (Phi) is 4.53. The van der Waals surface area contributed by atoms with E-state index in [1.165, 1.54) is 6.07 Å². The lowest BCUT2D eigenvalue weighted by molar-refractivity contribution is 0.607. The highest BCUT2D eigenvalue weighted by molar-refractivity contribution is 5.46. The maximum absolute atomic E-state index is 13.6. The van der Waals surface area contributed by atoms with Crippen molar-refractivity contribution in [3.05, 3.63) is 66.0 Å². The summed E-state index contributed by atoms with van der Waals surface area (Å²) in [5.74, 6) is -0.196. The maximum atomic E-state index is 13.6. The fourth-order valence-electron chi connectivity index (χ4n) is 2.08. The molecule has 0 aliphatic carbocycles. The second kappa shape index (κ2) is 6.34. The van der Waals surface area contributed by atoms with Crippen molar-refractivity contribution in [1.29, 1.82) is 0 Å². The van der Waals surface area contributed by atoms with E-state index in [-0.39, 0.29) is 11.9 Å². The van der Waals surface area contributed by atoms with Crippen molar-refractivity contribution in [2.75, 3.05) is 18.5 Å². The summed E-state index contributed by atoms with van der Waals surface area (Å²) in [6, 6.07) is 16.8. The normalized spacial score (nSPS) is 12.2. The molecule has 2 rings (SSSR count). The van der Waals surface area contributed by atoms with Crippen LogP contribution in [0.2, 0.25) is 0 Å². The van der Waals surface area contributed by atoms with Gasteiger partial charge in [0.1, 0.15) is 5.82 Å². The van der Waals surface area contributed by atoms with Crippen molar-refractivity contribution in [1.82, 2.24) is 0 Å². The van der Waals surface area contributed by atoms with Gasteiger partial charge in [0, 0.05) is 19.6 Å². The van der Waals surface area contributed by atoms with Crippen molar-refractivity contribution >= 4 is 5.69 Å². The Hall–Kier alpha value is -1.87. The summed E-state index contributed by atoms with van der Waals surface area (Å²) in [5.41, 5.74) is 7.87. The van der Waals surface area contributed by atoms with Crippen LogP contribution >= 0.6 is 0 Å². The van der Waals surface area contributed by atoms with Gasteiger partial charge >= 0.3 is 0 Å². The number of hydrogen-bond acceptors (Lipinski definition) is 2. The van der Waals surface area contributed by atoms with Crippen molar-refractivity contribution in [2.24, 2.45) is 5.73 Å². The van der Waals surface area contributed by atoms with Gasteiger partial charge in [-0.2, -0.15) is 0 Å². The van der Waals surface area contributed by atoms with E-state index in [1.54, 1.807) is 12.1 Å². The zero-order valence-corrected chi connectivity index (χ0v) is 11.1. The molecule has 0 spiro atoms. The Bertz CT molecular complexity index is 513. The maximum Gasteiger partial charge on any atom is 0.146 e. The summed E-state index contributed by atoms with van der Waals surface area (Å²) in [4.78, 5) is 1.90. The zero-order chi connectivity index (χ0) is 13.7. The van der Waals surface area contributed by atoms with Crippen LogP contribution in [0.1, 0.15) is 18.0 Å². The number of halogens is 1. The average Bonchev–Trinajstić information content (AvgIpc) is 2.46. The first kappa shape index (κ1) is 13.6. The molecular weight excluding hydrogens is 239 g/mol. The molecule has 19 heavy (non-hydrogen) atoms. The minimum absolute atomic E-state index is 0.0181. The van der Waals surface area contributed by atoms with E-state index in [4.69, 9.17) is 5.73 Å². The molecular formula is C16H19FN2. The van der Waals surface area contributed by atoms with Crippen molar-refractivity contribution < 1.29 is 4.39 Å². The van der Waals surface area contributed by atoms with Gasteiger partial charge in [0.15, 0.2) is 0 Å². The summed E-state index contributed by atoms with van der Waals surface area (Å²) in [5, 5.41) is 0. The van der Waals surface area contributed by atoms with Gasteiger partial charge in [-0.3, -0.25) is 0 Å². The molecule has 2 aromatic carbocycles. The molecule has 0 bridgehead atoms. The third-order valence-electron chi connectivity index (χ3n) is 3.27. The topological polar surface area (TPSA) is 29.3 Å². The minimum Gasteiger partial charge on any atom is -0.372 e. The van der Waals surface area contributed by atoms with Gasteiger partial charge in [-0.15, -0.1) is 0 Å². The van der Waals surface area contributed by atoms with Gasteiger partial charge in [-0.1, -0.05) is 42.5 Å². The van der Waals surface area contributed by atoms with E-state index < -0.39 is 0 Å². The summed E-state index contributed by atoms with van der Waals surface area (Å²) in [6.07, 6.45) is 0.787. The molecule has 0 heterocycles. The summed E-state index contributed by atoms with van der Waals surface area (Å²) in [7, 11) is 1.89. The molecule has 100 valence electrons. The average molecular weight is 258 g/mol. The first-order chi connectivity index (χ1) is 9.18. The molecule has 3 heteroatoms. The Labute approximate surface area is 113 Å². The van der Waals surface area contributed by atoms with Crippen LogP contribution in [-0.2, 0) is 0 Å². The quantitative estimate of drug-likeness (QED) is 0.891. The Balaban J connectivity index is 1.94. The number of nitrogens with zero attached hydrogens (tertiary/aromatic N) is 1. The van der Waals surface area contributed by atoms with E-state index >= 15 is 0 Å². The van der Waals surface area contributed by atoms with Gasteiger partial charge in [-0.25, -0.2) is 4.39 Å². The smallest absolute Gasteiger partial charge is 0.146 e. The van der Waals surface area contributed by atoms with Gasteiger partial charge in [0.2, 0.25) is 0 Å². The van der Waals surface area contributed by atoms with Crippen LogP contribution in [0.25, 0.3) is 0 Å². The minimum atomic E-state index is -0.196. The van der Waals surface area contributed by atoms with Gasteiger partial charge in [-0.05, 0) is 24.1 Å². The lowest BCUT2D eigenvalue weighted by Gasteiger charge is -2.22. The molecule has 0 radical (unpaired) electrons. The molecule has 2 aromatic rings. The van der Waals surface area contributed by atoms with Gasteiger partial charge in [0.05, 0.1) is 5.69 Å². The van der Waals surface area contributed by atoms with E-state index in [1.807, 2.05) is 48.3 Å². The van der Waals surface area contributed by atoms with Crippen LogP contribution in [0, 0.1) is 5.82 Å². The van der Waals surface area contributed by atoms with E-state index in [9.17, 15) is 4.39 Å². The molecule has 0 aliphatic rings. The highest BCUT2D eigenvalue weighted by Crippen LogP contribution is 2.19. The number of nitrogens with two attached hydrogens (primary N) is 1. The summed E-state index contributed by atoms with van der Waals surface area (Å²) in [6.45, 7) is 0.719. The molecule has 0 aromatic heterocycles. The van der Waals surface area contributed by atoms with E-state index in [0.717, 1.165) is 18.5 Å². The Morgan fingerprint density at radius 2 is 1.68 bits per heavy atom. The molecule has 1 atom stereocenters. The second-order valence-corrected chi connectivity index (χ2v) is 4.68. The lowest BCUT2D eigenvalue weighted by atomic mass is 10.0. The molecule has 2 nitrogen and oxygen atoms in total. The largest absolute Gasteiger partial charge is 0.372 e. The monoisotopic (exact) mass is 258 g/mol. The number of para-hydroxylation sites is 1. The molecule has 1 unspecified atom stereocenters. The highest BCUT2D eigenvalue weighted by atomic mass is 19.1. The predicted octanol–water partition coefficient (Wildman–Crippen LogP) is 3.35. The standard InChI is InChI=1S/C16H19FN2/c1-19(16-10-6-5-9-14(16)17)12-11-15(18)13-7-3-2-4-8-13/h2-10,15H,11-12,18H2,1H3. The Morgan fingerprint density at radius 1 is 1.05 bits per heavy atom. The first-order valence-corrected chi connectivity index (χ1v) is 6.44.